The van der Waals surface area contributed by atoms with Gasteiger partial charge in [-0.1, -0.05) is 33.4 Å². The molecule has 0 radical (unpaired) electrons. The van der Waals surface area contributed by atoms with E-state index in [1.165, 1.54) is 11.1 Å². The molecule has 1 saturated carbocycles. The maximum atomic E-state index is 4.66. The van der Waals surface area contributed by atoms with E-state index in [2.05, 4.69) is 53.0 Å². The summed E-state index contributed by atoms with van der Waals surface area (Å²) in [5.41, 5.74) is 2.74. The second-order valence-corrected chi connectivity index (χ2v) is 5.74. The third-order valence-electron chi connectivity index (χ3n) is 3.26. The van der Waals surface area contributed by atoms with E-state index in [0.29, 0.717) is 11.8 Å². The van der Waals surface area contributed by atoms with Gasteiger partial charge in [-0.3, -0.25) is 0 Å². The molecule has 13 heavy (non-hydrogen) atoms. The van der Waals surface area contributed by atoms with Crippen LogP contribution in [0, 0.1) is 11.8 Å². The fourth-order valence-corrected chi connectivity index (χ4v) is 2.56. The molecule has 2 unspecified atom stereocenters. The Morgan fingerprint density at radius 2 is 2.08 bits per heavy atom. The lowest BCUT2D eigenvalue weighted by atomic mass is 9.85. The zero-order valence-corrected chi connectivity index (χ0v) is 9.99. The van der Waals surface area contributed by atoms with Crippen molar-refractivity contribution in [3.05, 3.63) is 23.8 Å². The molecule has 1 aliphatic rings. The van der Waals surface area contributed by atoms with Crippen LogP contribution in [0.15, 0.2) is 23.8 Å². The van der Waals surface area contributed by atoms with Gasteiger partial charge in [-0.15, -0.1) is 0 Å². The molecule has 0 aromatic carbocycles. The van der Waals surface area contributed by atoms with Crippen molar-refractivity contribution < 1.29 is 0 Å². The number of rotatable bonds is 1. The Labute approximate surface area is 87.5 Å². The molecule has 0 saturated heterocycles. The highest BCUT2D eigenvalue weighted by molar-refractivity contribution is 7.81. The van der Waals surface area contributed by atoms with Crippen molar-refractivity contribution in [2.75, 3.05) is 0 Å². The molecule has 0 aromatic rings. The summed E-state index contributed by atoms with van der Waals surface area (Å²) in [5, 5.41) is 0. The molecule has 1 rings (SSSR count). The monoisotopic (exact) mass is 196 g/mol. The van der Waals surface area contributed by atoms with Crippen LogP contribution in [0.2, 0.25) is 0 Å². The van der Waals surface area contributed by atoms with Crippen molar-refractivity contribution in [1.29, 1.82) is 0 Å². The number of hydrogen-bond acceptors (Lipinski definition) is 1. The Bertz CT molecular complexity index is 242. The molecule has 1 aliphatic carbocycles. The van der Waals surface area contributed by atoms with Gasteiger partial charge >= 0.3 is 0 Å². The highest BCUT2D eigenvalue weighted by atomic mass is 32.1. The van der Waals surface area contributed by atoms with E-state index in [0.717, 1.165) is 6.42 Å². The maximum Gasteiger partial charge on any atom is 0.0110 e. The molecule has 0 N–H and O–H groups in total. The SMILES string of the molecule is C=C1C(=CC)CC(C(C)(C)S)C1C. The van der Waals surface area contributed by atoms with Gasteiger partial charge in [-0.25, -0.2) is 0 Å². The predicted octanol–water partition coefficient (Wildman–Crippen LogP) is 3.85. The van der Waals surface area contributed by atoms with Crippen LogP contribution in [0.4, 0.5) is 0 Å². The Morgan fingerprint density at radius 3 is 2.31 bits per heavy atom. The Balaban J connectivity index is 2.90. The lowest BCUT2D eigenvalue weighted by molar-refractivity contribution is 0.372. The summed E-state index contributed by atoms with van der Waals surface area (Å²) in [5.74, 6) is 1.22. The van der Waals surface area contributed by atoms with Crippen molar-refractivity contribution in [2.24, 2.45) is 11.8 Å². The second kappa shape index (κ2) is 3.53. The summed E-state index contributed by atoms with van der Waals surface area (Å²) >= 11 is 4.66. The van der Waals surface area contributed by atoms with Gasteiger partial charge in [-0.05, 0) is 36.3 Å². The highest BCUT2D eigenvalue weighted by Crippen LogP contribution is 2.46. The van der Waals surface area contributed by atoms with E-state index in [4.69, 9.17) is 0 Å². The molecule has 0 bridgehead atoms. The summed E-state index contributed by atoms with van der Waals surface area (Å²) in [7, 11) is 0. The molecule has 0 amide bonds. The van der Waals surface area contributed by atoms with Gasteiger partial charge in [0, 0.05) is 4.75 Å². The van der Waals surface area contributed by atoms with Gasteiger partial charge in [-0.2, -0.15) is 12.6 Å². The van der Waals surface area contributed by atoms with Crippen molar-refractivity contribution >= 4 is 12.6 Å². The van der Waals surface area contributed by atoms with E-state index in [9.17, 15) is 0 Å². The lowest BCUT2D eigenvalue weighted by Crippen LogP contribution is -2.26. The maximum absolute atomic E-state index is 4.66. The van der Waals surface area contributed by atoms with Gasteiger partial charge in [0.1, 0.15) is 0 Å². The summed E-state index contributed by atoms with van der Waals surface area (Å²) < 4.78 is 0.104. The topological polar surface area (TPSA) is 0 Å². The van der Waals surface area contributed by atoms with Crippen LogP contribution in [0.25, 0.3) is 0 Å². The summed E-state index contributed by atoms with van der Waals surface area (Å²) in [6.45, 7) is 12.9. The van der Waals surface area contributed by atoms with E-state index < -0.39 is 0 Å². The predicted molar refractivity (Wildman–Crippen MR) is 63.2 cm³/mol. The first-order valence-corrected chi connectivity index (χ1v) is 5.39. The van der Waals surface area contributed by atoms with E-state index >= 15 is 0 Å². The minimum absolute atomic E-state index is 0.104. The van der Waals surface area contributed by atoms with Crippen LogP contribution < -0.4 is 0 Å². The highest BCUT2D eigenvalue weighted by Gasteiger charge is 2.38. The molecule has 0 aromatic heterocycles. The van der Waals surface area contributed by atoms with E-state index in [1.54, 1.807) is 0 Å². The first-order valence-electron chi connectivity index (χ1n) is 4.94. The molecule has 1 fully saturated rings. The molecule has 0 nitrogen and oxygen atoms in total. The van der Waals surface area contributed by atoms with Crippen LogP contribution in [-0.2, 0) is 0 Å². The Hall–Kier alpha value is -0.170. The summed E-state index contributed by atoms with van der Waals surface area (Å²) in [6.07, 6.45) is 3.34. The second-order valence-electron chi connectivity index (χ2n) is 4.59. The first-order chi connectivity index (χ1) is 5.88. The summed E-state index contributed by atoms with van der Waals surface area (Å²) in [6, 6.07) is 0. The van der Waals surface area contributed by atoms with E-state index in [1.807, 2.05) is 0 Å². The van der Waals surface area contributed by atoms with Crippen LogP contribution in [0.3, 0.4) is 0 Å². The van der Waals surface area contributed by atoms with Crippen LogP contribution in [0.1, 0.15) is 34.1 Å². The zero-order valence-electron chi connectivity index (χ0n) is 9.09. The van der Waals surface area contributed by atoms with Crippen molar-refractivity contribution in [3.8, 4) is 0 Å². The third-order valence-corrected chi connectivity index (χ3v) is 3.59. The summed E-state index contributed by atoms with van der Waals surface area (Å²) in [4.78, 5) is 0. The molecule has 1 heteroatoms. The number of hydrogen-bond donors (Lipinski definition) is 1. The quantitative estimate of drug-likeness (QED) is 0.605. The van der Waals surface area contributed by atoms with Gasteiger partial charge in [0.15, 0.2) is 0 Å². The fourth-order valence-electron chi connectivity index (χ4n) is 2.24. The van der Waals surface area contributed by atoms with Crippen molar-refractivity contribution in [3.63, 3.8) is 0 Å². The standard InChI is InChI=1S/C12H20S/c1-6-10-7-11(12(4,5)13)9(3)8(10)2/h6,9,11,13H,2,7H2,1,3-5H3. The molecule has 0 heterocycles. The van der Waals surface area contributed by atoms with Crippen LogP contribution in [-0.4, -0.2) is 4.75 Å². The third kappa shape index (κ3) is 2.01. The first kappa shape index (κ1) is 10.9. The molecule has 74 valence electrons. The molecular formula is C12H20S. The normalized spacial score (nSPS) is 33.0. The van der Waals surface area contributed by atoms with Crippen LogP contribution >= 0.6 is 12.6 Å². The van der Waals surface area contributed by atoms with Gasteiger partial charge in [0.05, 0.1) is 0 Å². The van der Waals surface area contributed by atoms with Gasteiger partial charge in [0.25, 0.3) is 0 Å². The molecule has 0 spiro atoms. The minimum atomic E-state index is 0.104. The Kier molecular flexibility index (Phi) is 2.96. The van der Waals surface area contributed by atoms with Crippen molar-refractivity contribution in [2.45, 2.75) is 38.9 Å². The lowest BCUT2D eigenvalue weighted by Gasteiger charge is -2.29. The van der Waals surface area contributed by atoms with Crippen LogP contribution in [0.5, 0.6) is 0 Å². The van der Waals surface area contributed by atoms with Gasteiger partial charge in [0.2, 0.25) is 0 Å². The molecule has 2 atom stereocenters. The fraction of sp³-hybridized carbons (Fsp3) is 0.667. The van der Waals surface area contributed by atoms with E-state index in [-0.39, 0.29) is 4.75 Å². The number of thiol groups is 1. The number of allylic oxidation sites excluding steroid dienone is 3. The molecule has 0 aliphatic heterocycles. The Morgan fingerprint density at radius 1 is 1.54 bits per heavy atom. The van der Waals surface area contributed by atoms with Crippen molar-refractivity contribution in [1.82, 2.24) is 0 Å². The zero-order chi connectivity index (χ0) is 10.2. The van der Waals surface area contributed by atoms with Gasteiger partial charge < -0.3 is 0 Å². The average molecular weight is 196 g/mol. The average Bonchev–Trinajstić information content (AvgIpc) is 2.28. The minimum Gasteiger partial charge on any atom is -0.173 e. The molecular weight excluding hydrogens is 176 g/mol. The smallest absolute Gasteiger partial charge is 0.0110 e. The largest absolute Gasteiger partial charge is 0.173 e.